The Morgan fingerprint density at radius 1 is 1.36 bits per heavy atom. The quantitative estimate of drug-likeness (QED) is 0.766. The summed E-state index contributed by atoms with van der Waals surface area (Å²) in [6.07, 6.45) is 0.977. The molecule has 0 saturated carbocycles. The number of carbonyl (C=O) groups excluding carboxylic acids is 2. The Morgan fingerprint density at radius 3 is 2.89 bits per heavy atom. The summed E-state index contributed by atoms with van der Waals surface area (Å²) in [4.78, 5) is 30.5. The molecule has 1 aromatic carbocycles. The maximum absolute atomic E-state index is 12.8. The van der Waals surface area contributed by atoms with E-state index in [1.165, 1.54) is 10.4 Å². The molecule has 0 aliphatic carbocycles. The van der Waals surface area contributed by atoms with Gasteiger partial charge in [-0.3, -0.25) is 14.5 Å². The van der Waals surface area contributed by atoms with Gasteiger partial charge in [-0.25, -0.2) is 0 Å². The number of hydrogen-bond donors (Lipinski definition) is 1. The normalized spacial score (nSPS) is 16.5. The first-order valence-electron chi connectivity index (χ1n) is 9.53. The summed E-state index contributed by atoms with van der Waals surface area (Å²) in [6.45, 7) is 7.67. The van der Waals surface area contributed by atoms with E-state index in [0.29, 0.717) is 23.8 Å². The van der Waals surface area contributed by atoms with Gasteiger partial charge in [-0.15, -0.1) is 11.3 Å². The van der Waals surface area contributed by atoms with Crippen molar-refractivity contribution in [2.75, 3.05) is 31.5 Å². The third kappa shape index (κ3) is 4.74. The van der Waals surface area contributed by atoms with Gasteiger partial charge in [0.25, 0.3) is 0 Å². The minimum absolute atomic E-state index is 0.0222. The average molecular weight is 420 g/mol. The van der Waals surface area contributed by atoms with Gasteiger partial charge in [-0.05, 0) is 61.9 Å². The van der Waals surface area contributed by atoms with Gasteiger partial charge in [0, 0.05) is 34.7 Å². The predicted molar refractivity (Wildman–Crippen MR) is 115 cm³/mol. The maximum Gasteiger partial charge on any atom is 0.244 e. The molecule has 1 aliphatic rings. The standard InChI is InChI=1S/C21H26ClN3O2S/c1-4-24(12-20(26)23-18-11-16(22)6-5-14(18)2)21(27)13-25-9-7-19-17(15(25)3)8-10-28-19/h5-6,8,10-11,15H,4,7,9,12-13H2,1-3H3,(H,23,26)/t15-/m1/s1. The van der Waals surface area contributed by atoms with Crippen LogP contribution >= 0.6 is 22.9 Å². The van der Waals surface area contributed by atoms with Crippen LogP contribution in [0.1, 0.15) is 35.9 Å². The van der Waals surface area contributed by atoms with Crippen molar-refractivity contribution < 1.29 is 9.59 Å². The molecule has 0 fully saturated rings. The van der Waals surface area contributed by atoms with Crippen molar-refractivity contribution in [1.29, 1.82) is 0 Å². The number of hydrogen-bond acceptors (Lipinski definition) is 4. The molecule has 5 nitrogen and oxygen atoms in total. The van der Waals surface area contributed by atoms with Crippen molar-refractivity contribution in [2.45, 2.75) is 33.2 Å². The average Bonchev–Trinajstić information content (AvgIpc) is 3.14. The van der Waals surface area contributed by atoms with Crippen LogP contribution in [-0.2, 0) is 16.0 Å². The van der Waals surface area contributed by atoms with Crippen LogP contribution in [0.15, 0.2) is 29.6 Å². The summed E-state index contributed by atoms with van der Waals surface area (Å²) in [5.41, 5.74) is 2.93. The van der Waals surface area contributed by atoms with Crippen LogP contribution < -0.4 is 5.32 Å². The number of fused-ring (bicyclic) bond motifs is 1. The molecule has 0 bridgehead atoms. The third-order valence-corrected chi connectivity index (χ3v) is 6.52. The van der Waals surface area contributed by atoms with E-state index < -0.39 is 0 Å². The fourth-order valence-corrected chi connectivity index (χ4v) is 4.65. The monoisotopic (exact) mass is 419 g/mol. The first kappa shape index (κ1) is 20.8. The van der Waals surface area contributed by atoms with Crippen LogP contribution in [0.2, 0.25) is 5.02 Å². The smallest absolute Gasteiger partial charge is 0.244 e. The lowest BCUT2D eigenvalue weighted by Crippen LogP contribution is -2.45. The molecule has 150 valence electrons. The van der Waals surface area contributed by atoms with Crippen molar-refractivity contribution >= 4 is 40.4 Å². The second-order valence-electron chi connectivity index (χ2n) is 7.11. The molecule has 1 aromatic heterocycles. The number of thiophene rings is 1. The van der Waals surface area contributed by atoms with Crippen LogP contribution in [0.5, 0.6) is 0 Å². The first-order chi connectivity index (χ1) is 13.4. The van der Waals surface area contributed by atoms with Crippen molar-refractivity contribution in [3.8, 4) is 0 Å². The van der Waals surface area contributed by atoms with E-state index in [-0.39, 0.29) is 24.4 Å². The molecule has 0 spiro atoms. The number of likely N-dealkylation sites (N-methyl/N-ethyl adjacent to an activating group) is 1. The van der Waals surface area contributed by atoms with E-state index in [4.69, 9.17) is 11.6 Å². The van der Waals surface area contributed by atoms with E-state index >= 15 is 0 Å². The molecule has 1 atom stereocenters. The fourth-order valence-electron chi connectivity index (χ4n) is 3.52. The Balaban J connectivity index is 1.59. The third-order valence-electron chi connectivity index (χ3n) is 5.28. The largest absolute Gasteiger partial charge is 0.333 e. The summed E-state index contributed by atoms with van der Waals surface area (Å²) >= 11 is 7.80. The number of halogens is 1. The highest BCUT2D eigenvalue weighted by Crippen LogP contribution is 2.32. The number of rotatable bonds is 6. The van der Waals surface area contributed by atoms with Gasteiger partial charge in [-0.1, -0.05) is 17.7 Å². The molecule has 0 unspecified atom stereocenters. The lowest BCUT2D eigenvalue weighted by Gasteiger charge is -2.34. The number of nitrogens with one attached hydrogen (secondary N) is 1. The van der Waals surface area contributed by atoms with Gasteiger partial charge in [0.15, 0.2) is 0 Å². The zero-order valence-corrected chi connectivity index (χ0v) is 18.1. The van der Waals surface area contributed by atoms with Gasteiger partial charge in [-0.2, -0.15) is 0 Å². The fraction of sp³-hybridized carbons (Fsp3) is 0.429. The lowest BCUT2D eigenvalue weighted by molar-refractivity contribution is -0.136. The van der Waals surface area contributed by atoms with Gasteiger partial charge in [0.2, 0.25) is 11.8 Å². The van der Waals surface area contributed by atoms with Gasteiger partial charge in [0.05, 0.1) is 13.1 Å². The highest BCUT2D eigenvalue weighted by Gasteiger charge is 2.28. The molecule has 3 rings (SSSR count). The van der Waals surface area contributed by atoms with E-state index in [2.05, 4.69) is 28.6 Å². The van der Waals surface area contributed by atoms with E-state index in [1.807, 2.05) is 19.9 Å². The molecule has 2 heterocycles. The second kappa shape index (κ2) is 9.07. The van der Waals surface area contributed by atoms with Gasteiger partial charge in [0.1, 0.15) is 0 Å². The van der Waals surface area contributed by atoms with E-state index in [1.54, 1.807) is 28.4 Å². The van der Waals surface area contributed by atoms with Crippen molar-refractivity contribution in [2.24, 2.45) is 0 Å². The van der Waals surface area contributed by atoms with Gasteiger partial charge < -0.3 is 10.2 Å². The SMILES string of the molecule is CCN(CC(=O)Nc1cc(Cl)ccc1C)C(=O)CN1CCc2sccc2[C@H]1C. The summed E-state index contributed by atoms with van der Waals surface area (Å²) in [7, 11) is 0. The van der Waals surface area contributed by atoms with Crippen LogP contribution in [0.25, 0.3) is 0 Å². The number of nitrogens with zero attached hydrogens (tertiary/aromatic N) is 2. The Bertz CT molecular complexity index is 867. The Labute approximate surface area is 175 Å². The summed E-state index contributed by atoms with van der Waals surface area (Å²) in [6, 6.07) is 7.74. The van der Waals surface area contributed by atoms with E-state index in [0.717, 1.165) is 18.5 Å². The zero-order valence-electron chi connectivity index (χ0n) is 16.5. The summed E-state index contributed by atoms with van der Waals surface area (Å²) in [5.74, 6) is -0.238. The van der Waals surface area contributed by atoms with Crippen molar-refractivity contribution in [3.05, 3.63) is 50.7 Å². The number of amides is 2. The number of carbonyl (C=O) groups is 2. The summed E-state index contributed by atoms with van der Waals surface area (Å²) < 4.78 is 0. The van der Waals surface area contributed by atoms with Crippen molar-refractivity contribution in [3.63, 3.8) is 0 Å². The zero-order chi connectivity index (χ0) is 20.3. The molecule has 2 amide bonds. The maximum atomic E-state index is 12.8. The van der Waals surface area contributed by atoms with Gasteiger partial charge >= 0.3 is 0 Å². The minimum atomic E-state index is -0.215. The molecule has 1 N–H and O–H groups in total. The first-order valence-corrected chi connectivity index (χ1v) is 10.8. The highest BCUT2D eigenvalue weighted by molar-refractivity contribution is 7.10. The van der Waals surface area contributed by atoms with E-state index in [9.17, 15) is 9.59 Å². The highest BCUT2D eigenvalue weighted by atomic mass is 35.5. The lowest BCUT2D eigenvalue weighted by atomic mass is 10.0. The molecule has 0 saturated heterocycles. The van der Waals surface area contributed by atoms with Crippen LogP contribution in [0.4, 0.5) is 5.69 Å². The molecule has 1 aliphatic heterocycles. The van der Waals surface area contributed by atoms with Crippen LogP contribution in [0.3, 0.4) is 0 Å². The molecular formula is C21H26ClN3O2S. The molecule has 0 radical (unpaired) electrons. The summed E-state index contributed by atoms with van der Waals surface area (Å²) in [5, 5.41) is 5.55. The van der Waals surface area contributed by atoms with Crippen LogP contribution in [-0.4, -0.2) is 47.8 Å². The Hall–Kier alpha value is -1.89. The topological polar surface area (TPSA) is 52.7 Å². The molecular weight excluding hydrogens is 394 g/mol. The number of aryl methyl sites for hydroxylation is 1. The predicted octanol–water partition coefficient (Wildman–Crippen LogP) is 4.12. The second-order valence-corrected chi connectivity index (χ2v) is 8.55. The van der Waals surface area contributed by atoms with Crippen molar-refractivity contribution in [1.82, 2.24) is 9.80 Å². The Kier molecular flexibility index (Phi) is 6.75. The molecule has 7 heteroatoms. The number of benzene rings is 1. The molecule has 2 aromatic rings. The molecule has 28 heavy (non-hydrogen) atoms. The Morgan fingerprint density at radius 2 is 2.14 bits per heavy atom. The minimum Gasteiger partial charge on any atom is -0.333 e. The number of anilines is 1. The van der Waals surface area contributed by atoms with Crippen LogP contribution in [0, 0.1) is 6.92 Å².